The van der Waals surface area contributed by atoms with Gasteiger partial charge >= 0.3 is 0 Å². The molecule has 1 N–H and O–H groups in total. The van der Waals surface area contributed by atoms with Crippen LogP contribution in [0.25, 0.3) is 10.9 Å². The monoisotopic (exact) mass is 556 g/mol. The quantitative estimate of drug-likeness (QED) is 0.448. The Morgan fingerprint density at radius 2 is 1.71 bits per heavy atom. The molecule has 0 radical (unpaired) electrons. The van der Waals surface area contributed by atoms with Gasteiger partial charge in [-0.05, 0) is 35.2 Å². The molecule has 0 saturated carbocycles. The van der Waals surface area contributed by atoms with Crippen LogP contribution in [0.1, 0.15) is 26.3 Å². The van der Waals surface area contributed by atoms with Gasteiger partial charge in [-0.2, -0.15) is 8.61 Å². The number of aromatic nitrogens is 1. The molecule has 1 fully saturated rings. The third kappa shape index (κ3) is 5.37. The Kier molecular flexibility index (Phi) is 7.76. The van der Waals surface area contributed by atoms with Gasteiger partial charge in [-0.3, -0.25) is 9.78 Å². The number of benzene rings is 2. The van der Waals surface area contributed by atoms with E-state index in [1.54, 1.807) is 48.5 Å². The lowest BCUT2D eigenvalue weighted by atomic mass is 9.87. The lowest BCUT2D eigenvalue weighted by molar-refractivity contribution is -0.125. The molecule has 1 aliphatic rings. The number of sulfonamides is 2. The Labute approximate surface area is 224 Å². The van der Waals surface area contributed by atoms with E-state index in [0.717, 1.165) is 9.87 Å². The fraction of sp³-hybridized carbons (Fsp3) is 0.333. The van der Waals surface area contributed by atoms with Crippen LogP contribution in [0.4, 0.5) is 0 Å². The minimum absolute atomic E-state index is 0.0359. The molecule has 2 heterocycles. The highest BCUT2D eigenvalue weighted by Crippen LogP contribution is 2.30. The van der Waals surface area contributed by atoms with Crippen LogP contribution in [-0.2, 0) is 30.3 Å². The molecule has 11 heteroatoms. The van der Waals surface area contributed by atoms with E-state index in [1.165, 1.54) is 22.6 Å². The molecule has 202 valence electrons. The van der Waals surface area contributed by atoms with E-state index >= 15 is 0 Å². The molecule has 9 nitrogen and oxygen atoms in total. The van der Waals surface area contributed by atoms with Gasteiger partial charge in [-0.1, -0.05) is 57.2 Å². The van der Waals surface area contributed by atoms with Crippen LogP contribution in [0, 0.1) is 0 Å². The van der Waals surface area contributed by atoms with E-state index in [4.69, 9.17) is 0 Å². The third-order valence-corrected chi connectivity index (χ3v) is 10.4. The maximum atomic E-state index is 13.9. The number of pyridine rings is 1. The second-order valence-electron chi connectivity index (χ2n) is 10.1. The normalized spacial score (nSPS) is 17.8. The molecule has 4 rings (SSSR count). The van der Waals surface area contributed by atoms with Crippen LogP contribution in [0.2, 0.25) is 0 Å². The molecule has 0 aliphatic carbocycles. The minimum atomic E-state index is -4.20. The molecule has 1 saturated heterocycles. The zero-order valence-corrected chi connectivity index (χ0v) is 23.3. The average molecular weight is 557 g/mol. The van der Waals surface area contributed by atoms with Gasteiger partial charge in [0.1, 0.15) is 10.9 Å². The molecule has 1 atom stereocenters. The number of para-hydroxylation sites is 1. The lowest BCUT2D eigenvalue weighted by Gasteiger charge is -2.39. The van der Waals surface area contributed by atoms with Gasteiger partial charge in [0.2, 0.25) is 26.0 Å². The van der Waals surface area contributed by atoms with E-state index < -0.39 is 32.0 Å². The molecular weight excluding hydrogens is 524 g/mol. The predicted octanol–water partition coefficient (Wildman–Crippen LogP) is 2.90. The average Bonchev–Trinajstić information content (AvgIpc) is 2.90. The fourth-order valence-corrected chi connectivity index (χ4v) is 7.61. The Hall–Kier alpha value is -3.12. The summed E-state index contributed by atoms with van der Waals surface area (Å²) < 4.78 is 57.0. The summed E-state index contributed by atoms with van der Waals surface area (Å²) >= 11 is 0. The third-order valence-electron chi connectivity index (χ3n) is 6.56. The number of carbonyl (C=O) groups excluding carboxylic acids is 1. The molecule has 1 aliphatic heterocycles. The van der Waals surface area contributed by atoms with Crippen molar-refractivity contribution in [2.24, 2.45) is 0 Å². The first-order valence-electron chi connectivity index (χ1n) is 12.2. The number of rotatable bonds is 7. The number of piperazine rings is 1. The van der Waals surface area contributed by atoms with Crippen LogP contribution in [0.5, 0.6) is 0 Å². The first kappa shape index (κ1) is 27.9. The molecule has 1 aromatic heterocycles. The summed E-state index contributed by atoms with van der Waals surface area (Å²) in [4.78, 5) is 17.5. The molecule has 0 spiro atoms. The summed E-state index contributed by atoms with van der Waals surface area (Å²) in [6, 6.07) is 13.6. The van der Waals surface area contributed by atoms with Crippen LogP contribution in [0.3, 0.4) is 0 Å². The van der Waals surface area contributed by atoms with Crippen LogP contribution in [0.15, 0.2) is 83.2 Å². The number of nitrogens with zero attached hydrogens (tertiary/aromatic N) is 3. The van der Waals surface area contributed by atoms with Crippen molar-refractivity contribution in [1.82, 2.24) is 18.9 Å². The summed E-state index contributed by atoms with van der Waals surface area (Å²) in [5, 5.41) is 3.27. The topological polar surface area (TPSA) is 117 Å². The molecule has 0 bridgehead atoms. The SMILES string of the molecule is C=CCNC(=O)[C@@H]1CN(S(=O)(=O)c2ccc(C(C)(C)C)cc2)CCN1S(=O)(=O)c1cccc2cccnc12. The van der Waals surface area contributed by atoms with Crippen LogP contribution in [-0.4, -0.2) is 68.6 Å². The Morgan fingerprint density at radius 3 is 2.37 bits per heavy atom. The summed E-state index contributed by atoms with van der Waals surface area (Å²) in [7, 11) is -8.18. The van der Waals surface area contributed by atoms with E-state index in [0.29, 0.717) is 5.39 Å². The van der Waals surface area contributed by atoms with Crippen molar-refractivity contribution in [2.75, 3.05) is 26.2 Å². The molecule has 2 aromatic carbocycles. The Bertz CT molecular complexity index is 1560. The van der Waals surface area contributed by atoms with Crippen LogP contribution < -0.4 is 5.32 Å². The summed E-state index contributed by atoms with van der Waals surface area (Å²) in [5.41, 5.74) is 1.12. The van der Waals surface area contributed by atoms with Crippen molar-refractivity contribution in [3.05, 3.63) is 79.0 Å². The van der Waals surface area contributed by atoms with Crippen molar-refractivity contribution in [3.8, 4) is 0 Å². The first-order valence-corrected chi connectivity index (χ1v) is 15.1. The van der Waals surface area contributed by atoms with Gasteiger partial charge in [0.05, 0.1) is 10.4 Å². The molecule has 38 heavy (non-hydrogen) atoms. The number of fused-ring (bicyclic) bond motifs is 1. The zero-order valence-electron chi connectivity index (χ0n) is 21.7. The molecule has 3 aromatic rings. The largest absolute Gasteiger partial charge is 0.351 e. The van der Waals surface area contributed by atoms with Gasteiger partial charge < -0.3 is 5.32 Å². The van der Waals surface area contributed by atoms with Gasteiger partial charge in [0, 0.05) is 37.8 Å². The van der Waals surface area contributed by atoms with Crippen LogP contribution >= 0.6 is 0 Å². The number of amides is 1. The maximum absolute atomic E-state index is 13.9. The van der Waals surface area contributed by atoms with Gasteiger partial charge in [-0.25, -0.2) is 16.8 Å². The lowest BCUT2D eigenvalue weighted by Crippen LogP contribution is -2.61. The summed E-state index contributed by atoms with van der Waals surface area (Å²) in [6.07, 6.45) is 2.98. The molecule has 0 unspecified atom stereocenters. The van der Waals surface area contributed by atoms with Gasteiger partial charge in [-0.15, -0.1) is 6.58 Å². The minimum Gasteiger partial charge on any atom is -0.351 e. The highest BCUT2D eigenvalue weighted by Gasteiger charge is 2.44. The standard InChI is InChI=1S/C27H32N4O5S2/c1-5-15-29-26(32)23-19-30(37(33,34)22-13-11-21(12-14-22)27(2,3)4)17-18-31(23)38(35,36)24-10-6-8-20-9-7-16-28-25(20)24/h5-14,16,23H,1,15,17-19H2,2-4H3,(H,29,32)/t23-/m0/s1. The highest BCUT2D eigenvalue weighted by molar-refractivity contribution is 7.89. The molecular formula is C27H32N4O5S2. The van der Waals surface area contributed by atoms with Crippen molar-refractivity contribution >= 4 is 36.9 Å². The Morgan fingerprint density at radius 1 is 1.03 bits per heavy atom. The van der Waals surface area contributed by atoms with E-state index in [2.05, 4.69) is 16.9 Å². The second-order valence-corrected chi connectivity index (χ2v) is 13.9. The molecule has 1 amide bonds. The predicted molar refractivity (Wildman–Crippen MR) is 147 cm³/mol. The zero-order chi connectivity index (χ0) is 27.7. The highest BCUT2D eigenvalue weighted by atomic mass is 32.2. The number of nitrogens with one attached hydrogen (secondary N) is 1. The van der Waals surface area contributed by atoms with E-state index in [9.17, 15) is 21.6 Å². The number of hydrogen-bond donors (Lipinski definition) is 1. The van der Waals surface area contributed by atoms with Crippen molar-refractivity contribution in [3.63, 3.8) is 0 Å². The first-order chi connectivity index (χ1) is 17.9. The summed E-state index contributed by atoms with van der Waals surface area (Å²) in [6.45, 7) is 9.17. The number of carbonyl (C=O) groups is 1. The van der Waals surface area contributed by atoms with Crippen molar-refractivity contribution < 1.29 is 21.6 Å². The summed E-state index contributed by atoms with van der Waals surface area (Å²) in [5.74, 6) is -0.607. The van der Waals surface area contributed by atoms with Crippen molar-refractivity contribution in [1.29, 1.82) is 0 Å². The smallest absolute Gasteiger partial charge is 0.246 e. The second kappa shape index (κ2) is 10.6. The van der Waals surface area contributed by atoms with Crippen molar-refractivity contribution in [2.45, 2.75) is 42.0 Å². The van der Waals surface area contributed by atoms with E-state index in [-0.39, 0.29) is 46.9 Å². The maximum Gasteiger partial charge on any atom is 0.246 e. The van der Waals surface area contributed by atoms with Gasteiger partial charge in [0.15, 0.2) is 0 Å². The Balaban J connectivity index is 1.70. The van der Waals surface area contributed by atoms with Gasteiger partial charge in [0.25, 0.3) is 0 Å². The fourth-order valence-electron chi connectivity index (χ4n) is 4.44. The van der Waals surface area contributed by atoms with E-state index in [1.807, 2.05) is 20.8 Å². The number of hydrogen-bond acceptors (Lipinski definition) is 6.